The van der Waals surface area contributed by atoms with Gasteiger partial charge in [-0.25, -0.2) is 4.79 Å². The maximum Gasteiger partial charge on any atom is 0.352 e. The largest absolute Gasteiger partial charge is 0.614 e. The molecule has 0 aromatic carbocycles. The van der Waals surface area contributed by atoms with Crippen molar-refractivity contribution < 1.29 is 19.2 Å². The van der Waals surface area contributed by atoms with Gasteiger partial charge in [-0.3, -0.25) is 9.69 Å². The van der Waals surface area contributed by atoms with Crippen molar-refractivity contribution in [3.05, 3.63) is 11.3 Å². The van der Waals surface area contributed by atoms with E-state index in [0.29, 0.717) is 5.57 Å². The smallest absolute Gasteiger partial charge is 0.352 e. The van der Waals surface area contributed by atoms with Crippen molar-refractivity contribution in [3.8, 4) is 0 Å². The van der Waals surface area contributed by atoms with Gasteiger partial charge >= 0.3 is 5.97 Å². The van der Waals surface area contributed by atoms with Crippen molar-refractivity contribution in [2.24, 2.45) is 5.73 Å². The summed E-state index contributed by atoms with van der Waals surface area (Å²) in [6.45, 7) is 0. The molecule has 3 N–H and O–H groups in total. The fourth-order valence-corrected chi connectivity index (χ4v) is 4.22. The molecule has 1 unspecified atom stereocenters. The van der Waals surface area contributed by atoms with Crippen LogP contribution in [0.5, 0.6) is 0 Å². The molecular formula is C8H9BrN2O4S. The number of carbonyl (C=O) groups is 2. The number of hydrogen-bond donors (Lipinski definition) is 2. The normalized spacial score (nSPS) is 33.6. The molecule has 88 valence electrons. The van der Waals surface area contributed by atoms with E-state index in [9.17, 15) is 14.1 Å². The Morgan fingerprint density at radius 1 is 1.75 bits per heavy atom. The highest BCUT2D eigenvalue weighted by atomic mass is 79.9. The Kier molecular flexibility index (Phi) is 2.99. The monoisotopic (exact) mass is 308 g/mol. The van der Waals surface area contributed by atoms with E-state index in [1.54, 1.807) is 0 Å². The first-order valence-electron chi connectivity index (χ1n) is 4.46. The first-order chi connectivity index (χ1) is 7.49. The van der Waals surface area contributed by atoms with Crippen LogP contribution in [-0.4, -0.2) is 48.9 Å². The van der Waals surface area contributed by atoms with E-state index >= 15 is 0 Å². The molecule has 16 heavy (non-hydrogen) atoms. The standard InChI is InChI=1S/C8H9BrN2O4S/c9-1-3-2-16(15)7-4(10)6(12)11(7)5(3)8(13)14/h4,7H,1-2,10H2,(H,13,14)/t4-,7-,16?/m1/s1. The van der Waals surface area contributed by atoms with Crippen LogP contribution in [0, 0.1) is 0 Å². The second-order valence-electron chi connectivity index (χ2n) is 3.54. The minimum atomic E-state index is -1.32. The van der Waals surface area contributed by atoms with Gasteiger partial charge in [0.2, 0.25) is 5.37 Å². The maximum absolute atomic E-state index is 11.7. The third-order valence-electron chi connectivity index (χ3n) is 2.61. The van der Waals surface area contributed by atoms with Crippen LogP contribution in [0.15, 0.2) is 11.3 Å². The lowest BCUT2D eigenvalue weighted by Crippen LogP contribution is -2.73. The highest BCUT2D eigenvalue weighted by molar-refractivity contribution is 9.09. The fourth-order valence-electron chi connectivity index (χ4n) is 1.86. The Hall–Kier alpha value is -0.570. The SMILES string of the molecule is N[C@@H]1C(=O)N2C(C(=O)O)=C(CBr)C[S+]([O-])[C@H]12. The number of rotatable bonds is 2. The fraction of sp³-hybridized carbons (Fsp3) is 0.500. The number of hydrogen-bond acceptors (Lipinski definition) is 4. The summed E-state index contributed by atoms with van der Waals surface area (Å²) in [4.78, 5) is 23.6. The molecule has 2 heterocycles. The zero-order chi connectivity index (χ0) is 12.0. The number of carboxylic acid groups (broad SMARTS) is 1. The quantitative estimate of drug-likeness (QED) is 0.386. The number of amides is 1. The summed E-state index contributed by atoms with van der Waals surface area (Å²) in [6, 6.07) is -0.841. The minimum absolute atomic E-state index is 0.0758. The van der Waals surface area contributed by atoms with E-state index in [4.69, 9.17) is 10.8 Å². The number of alkyl halides is 1. The van der Waals surface area contributed by atoms with Crippen LogP contribution in [0.25, 0.3) is 0 Å². The van der Waals surface area contributed by atoms with Crippen LogP contribution in [0.2, 0.25) is 0 Å². The molecule has 0 spiro atoms. The Morgan fingerprint density at radius 3 is 2.88 bits per heavy atom. The molecule has 0 aromatic rings. The second kappa shape index (κ2) is 4.02. The molecule has 2 aliphatic heterocycles. The van der Waals surface area contributed by atoms with Crippen molar-refractivity contribution in [2.45, 2.75) is 11.4 Å². The number of nitrogens with two attached hydrogens (primary N) is 1. The molecule has 0 aromatic heterocycles. The predicted octanol–water partition coefficient (Wildman–Crippen LogP) is -1.02. The molecule has 8 heteroatoms. The molecule has 1 amide bonds. The number of fused-ring (bicyclic) bond motifs is 1. The van der Waals surface area contributed by atoms with Gasteiger partial charge in [0.05, 0.1) is 0 Å². The Balaban J connectivity index is 2.43. The van der Waals surface area contributed by atoms with Crippen molar-refractivity contribution >= 4 is 39.0 Å². The number of β-lactam (4-membered cyclic amide) rings is 1. The minimum Gasteiger partial charge on any atom is -0.614 e. The second-order valence-corrected chi connectivity index (χ2v) is 5.63. The summed E-state index contributed by atoms with van der Waals surface area (Å²) < 4.78 is 11.7. The molecule has 2 aliphatic rings. The van der Waals surface area contributed by atoms with Gasteiger partial charge < -0.3 is 15.4 Å². The van der Waals surface area contributed by atoms with Crippen LogP contribution in [0.1, 0.15) is 0 Å². The van der Waals surface area contributed by atoms with Crippen LogP contribution in [-0.2, 0) is 20.8 Å². The van der Waals surface area contributed by atoms with Crippen molar-refractivity contribution in [2.75, 3.05) is 11.1 Å². The summed E-state index contributed by atoms with van der Waals surface area (Å²) >= 11 is 1.81. The lowest BCUT2D eigenvalue weighted by atomic mass is 10.0. The van der Waals surface area contributed by atoms with Gasteiger partial charge in [-0.1, -0.05) is 15.9 Å². The molecule has 3 atom stereocenters. The zero-order valence-electron chi connectivity index (χ0n) is 8.05. The first-order valence-corrected chi connectivity index (χ1v) is 6.96. The van der Waals surface area contributed by atoms with Gasteiger partial charge in [0, 0.05) is 10.9 Å². The van der Waals surface area contributed by atoms with Crippen molar-refractivity contribution in [1.82, 2.24) is 4.90 Å². The molecule has 0 saturated carbocycles. The number of nitrogens with zero attached hydrogens (tertiary/aromatic N) is 1. The lowest BCUT2D eigenvalue weighted by molar-refractivity contribution is -0.148. The summed E-state index contributed by atoms with van der Waals surface area (Å²) in [5, 5.41) is 8.64. The molecule has 6 nitrogen and oxygen atoms in total. The number of aliphatic carboxylic acids is 1. The molecule has 1 saturated heterocycles. The molecule has 2 rings (SSSR count). The van der Waals surface area contributed by atoms with Crippen LogP contribution in [0.4, 0.5) is 0 Å². The van der Waals surface area contributed by atoms with E-state index in [1.807, 2.05) is 0 Å². The average molecular weight is 309 g/mol. The van der Waals surface area contributed by atoms with Gasteiger partial charge in [0.15, 0.2) is 6.04 Å². The average Bonchev–Trinajstić information content (AvgIpc) is 2.25. The first kappa shape index (κ1) is 11.9. The zero-order valence-corrected chi connectivity index (χ0v) is 10.5. The number of carboxylic acids is 1. The highest BCUT2D eigenvalue weighted by Gasteiger charge is 2.58. The predicted molar refractivity (Wildman–Crippen MR) is 60.1 cm³/mol. The Labute approximate surface area is 103 Å². The molecule has 0 aliphatic carbocycles. The topological polar surface area (TPSA) is 107 Å². The summed E-state index contributed by atoms with van der Waals surface area (Å²) in [6.07, 6.45) is 0. The van der Waals surface area contributed by atoms with E-state index < -0.39 is 34.5 Å². The Bertz CT molecular complexity index is 399. The highest BCUT2D eigenvalue weighted by Crippen LogP contribution is 2.36. The van der Waals surface area contributed by atoms with Crippen LogP contribution >= 0.6 is 15.9 Å². The maximum atomic E-state index is 11.7. The third kappa shape index (κ3) is 1.48. The van der Waals surface area contributed by atoms with Crippen LogP contribution < -0.4 is 5.73 Å². The summed E-state index contributed by atoms with van der Waals surface area (Å²) in [7, 11) is 0. The number of carbonyl (C=O) groups excluding carboxylic acids is 1. The van der Waals surface area contributed by atoms with Gasteiger partial charge in [-0.05, 0) is 11.2 Å². The van der Waals surface area contributed by atoms with Crippen molar-refractivity contribution in [1.29, 1.82) is 0 Å². The van der Waals surface area contributed by atoms with E-state index in [1.165, 1.54) is 0 Å². The summed E-state index contributed by atoms with van der Waals surface area (Å²) in [5.41, 5.74) is 5.89. The summed E-state index contributed by atoms with van der Waals surface area (Å²) in [5.74, 6) is -1.51. The van der Waals surface area contributed by atoms with Crippen molar-refractivity contribution in [3.63, 3.8) is 0 Å². The van der Waals surface area contributed by atoms with E-state index in [0.717, 1.165) is 4.90 Å². The van der Waals surface area contributed by atoms with Gasteiger partial charge in [-0.15, -0.1) is 0 Å². The van der Waals surface area contributed by atoms with Crippen LogP contribution in [0.3, 0.4) is 0 Å². The van der Waals surface area contributed by atoms with E-state index in [2.05, 4.69) is 15.9 Å². The molecular weight excluding hydrogens is 300 g/mol. The molecule has 0 radical (unpaired) electrons. The molecule has 0 bridgehead atoms. The Morgan fingerprint density at radius 2 is 2.38 bits per heavy atom. The van der Waals surface area contributed by atoms with Gasteiger partial charge in [0.25, 0.3) is 5.91 Å². The lowest BCUT2D eigenvalue weighted by Gasteiger charge is -2.47. The van der Waals surface area contributed by atoms with E-state index in [-0.39, 0.29) is 16.8 Å². The van der Waals surface area contributed by atoms with Gasteiger partial charge in [0.1, 0.15) is 11.4 Å². The number of halogens is 1. The molecule has 1 fully saturated rings. The van der Waals surface area contributed by atoms with Gasteiger partial charge in [-0.2, -0.15) is 0 Å². The third-order valence-corrected chi connectivity index (χ3v) is 4.96.